The van der Waals surface area contributed by atoms with Crippen molar-refractivity contribution in [3.8, 4) is 0 Å². The number of Topliss-reactive ketones (excluding diaryl/α,β-unsaturated/α-hetero) is 1. The number of carbonyl (C=O) groups is 2. The second kappa shape index (κ2) is 9.19. The van der Waals surface area contributed by atoms with E-state index in [0.29, 0.717) is 16.4 Å². The highest BCUT2D eigenvalue weighted by atomic mass is 32.2. The van der Waals surface area contributed by atoms with Gasteiger partial charge in [-0.3, -0.25) is 19.0 Å². The van der Waals surface area contributed by atoms with Crippen molar-refractivity contribution in [1.29, 1.82) is 0 Å². The molecule has 1 unspecified atom stereocenters. The zero-order valence-corrected chi connectivity index (χ0v) is 20.4. The quantitative estimate of drug-likeness (QED) is 0.292. The molecule has 1 aliphatic carbocycles. The SMILES string of the molecule is CC(=O)Nc1ccc(C(=O)C(C)Sc2nc3sc(C)c(C)c3c(=O)n2C2CCCC2)cc1. The van der Waals surface area contributed by atoms with Crippen molar-refractivity contribution in [2.45, 2.75) is 69.8 Å². The number of carbonyl (C=O) groups excluding carboxylic acids is 2. The minimum absolute atomic E-state index is 0.0190. The van der Waals surface area contributed by atoms with Gasteiger partial charge in [-0.15, -0.1) is 11.3 Å². The monoisotopic (exact) mass is 469 g/mol. The Morgan fingerprint density at radius 1 is 1.19 bits per heavy atom. The Morgan fingerprint density at radius 2 is 1.84 bits per heavy atom. The van der Waals surface area contributed by atoms with Gasteiger partial charge in [0, 0.05) is 29.1 Å². The normalized spacial score (nSPS) is 15.2. The van der Waals surface area contributed by atoms with E-state index in [9.17, 15) is 14.4 Å². The predicted molar refractivity (Wildman–Crippen MR) is 131 cm³/mol. The molecule has 4 rings (SSSR count). The number of hydrogen-bond acceptors (Lipinski definition) is 6. The van der Waals surface area contributed by atoms with Gasteiger partial charge >= 0.3 is 0 Å². The number of ketones is 1. The molecule has 0 saturated heterocycles. The van der Waals surface area contributed by atoms with Crippen molar-refractivity contribution in [3.05, 3.63) is 50.6 Å². The van der Waals surface area contributed by atoms with Crippen LogP contribution in [-0.4, -0.2) is 26.5 Å². The molecule has 0 aliphatic heterocycles. The number of aromatic nitrogens is 2. The summed E-state index contributed by atoms with van der Waals surface area (Å²) < 4.78 is 1.85. The number of amides is 1. The summed E-state index contributed by atoms with van der Waals surface area (Å²) in [5.41, 5.74) is 2.25. The van der Waals surface area contributed by atoms with Crippen LogP contribution < -0.4 is 10.9 Å². The molecular weight excluding hydrogens is 442 g/mol. The van der Waals surface area contributed by atoms with Gasteiger partial charge in [0.2, 0.25) is 5.91 Å². The smallest absolute Gasteiger partial charge is 0.263 e. The van der Waals surface area contributed by atoms with E-state index >= 15 is 0 Å². The first-order valence-corrected chi connectivity index (χ1v) is 12.6. The summed E-state index contributed by atoms with van der Waals surface area (Å²) in [4.78, 5) is 44.6. The fraction of sp³-hybridized carbons (Fsp3) is 0.417. The topological polar surface area (TPSA) is 81.1 Å². The highest BCUT2D eigenvalue weighted by Crippen LogP contribution is 2.36. The van der Waals surface area contributed by atoms with Gasteiger partial charge in [-0.1, -0.05) is 24.6 Å². The molecule has 1 atom stereocenters. The van der Waals surface area contributed by atoms with E-state index in [4.69, 9.17) is 4.98 Å². The molecule has 1 saturated carbocycles. The zero-order chi connectivity index (χ0) is 23.0. The number of anilines is 1. The zero-order valence-electron chi connectivity index (χ0n) is 18.7. The number of nitrogens with one attached hydrogen (secondary N) is 1. The lowest BCUT2D eigenvalue weighted by molar-refractivity contribution is -0.114. The molecule has 0 spiro atoms. The average molecular weight is 470 g/mol. The molecule has 168 valence electrons. The summed E-state index contributed by atoms with van der Waals surface area (Å²) >= 11 is 2.90. The van der Waals surface area contributed by atoms with Crippen LogP contribution in [0.25, 0.3) is 10.2 Å². The van der Waals surface area contributed by atoms with E-state index in [1.807, 2.05) is 25.3 Å². The Hall–Kier alpha value is -2.45. The van der Waals surface area contributed by atoms with Gasteiger partial charge in [0.25, 0.3) is 5.56 Å². The van der Waals surface area contributed by atoms with E-state index in [0.717, 1.165) is 46.3 Å². The van der Waals surface area contributed by atoms with Crippen molar-refractivity contribution < 1.29 is 9.59 Å². The van der Waals surface area contributed by atoms with Gasteiger partial charge in [0.15, 0.2) is 10.9 Å². The minimum Gasteiger partial charge on any atom is -0.326 e. The first kappa shape index (κ1) is 22.7. The molecule has 32 heavy (non-hydrogen) atoms. The third kappa shape index (κ3) is 4.38. The molecule has 0 bridgehead atoms. The largest absolute Gasteiger partial charge is 0.326 e. The Labute approximate surface area is 195 Å². The third-order valence-electron chi connectivity index (χ3n) is 6.03. The summed E-state index contributed by atoms with van der Waals surface area (Å²) in [5.74, 6) is -0.186. The molecular formula is C24H27N3O3S2. The fourth-order valence-electron chi connectivity index (χ4n) is 4.22. The van der Waals surface area contributed by atoms with Crippen LogP contribution in [0.5, 0.6) is 0 Å². The molecule has 0 radical (unpaired) electrons. The van der Waals surface area contributed by atoms with Gasteiger partial charge in [-0.2, -0.15) is 0 Å². The van der Waals surface area contributed by atoms with Crippen molar-refractivity contribution in [1.82, 2.24) is 9.55 Å². The minimum atomic E-state index is -0.402. The van der Waals surface area contributed by atoms with E-state index in [1.54, 1.807) is 24.3 Å². The summed E-state index contributed by atoms with van der Waals surface area (Å²) in [6, 6.07) is 7.03. The second-order valence-electron chi connectivity index (χ2n) is 8.35. The lowest BCUT2D eigenvalue weighted by Gasteiger charge is -2.20. The standard InChI is InChI=1S/C24H27N3O3S2/c1-13-14(2)31-22-20(13)23(30)27(19-7-5-6-8-19)24(26-22)32-15(3)21(29)17-9-11-18(12-10-17)25-16(4)28/h9-12,15,19H,5-8H2,1-4H3,(H,25,28). The summed E-state index contributed by atoms with van der Waals surface area (Å²) in [7, 11) is 0. The second-order valence-corrected chi connectivity index (χ2v) is 10.9. The summed E-state index contributed by atoms with van der Waals surface area (Å²) in [5, 5.41) is 3.65. The highest BCUT2D eigenvalue weighted by molar-refractivity contribution is 8.00. The van der Waals surface area contributed by atoms with Gasteiger partial charge in [0.05, 0.1) is 10.6 Å². The molecule has 8 heteroatoms. The molecule has 2 aromatic heterocycles. The Morgan fingerprint density at radius 3 is 2.47 bits per heavy atom. The van der Waals surface area contributed by atoms with Crippen LogP contribution >= 0.6 is 23.1 Å². The molecule has 1 N–H and O–H groups in total. The molecule has 1 amide bonds. The van der Waals surface area contributed by atoms with Crippen molar-refractivity contribution >= 4 is 50.7 Å². The molecule has 1 fully saturated rings. The maximum Gasteiger partial charge on any atom is 0.263 e. The first-order valence-electron chi connectivity index (χ1n) is 10.9. The van der Waals surface area contributed by atoms with Crippen molar-refractivity contribution in [2.75, 3.05) is 5.32 Å². The number of thioether (sulfide) groups is 1. The molecule has 1 aromatic carbocycles. The lowest BCUT2D eigenvalue weighted by atomic mass is 10.1. The number of fused-ring (bicyclic) bond motifs is 1. The van der Waals surface area contributed by atoms with Crippen LogP contribution in [0.2, 0.25) is 0 Å². The van der Waals surface area contributed by atoms with E-state index in [-0.39, 0.29) is 23.3 Å². The highest BCUT2D eigenvalue weighted by Gasteiger charge is 2.27. The molecule has 2 heterocycles. The van der Waals surface area contributed by atoms with Crippen LogP contribution in [0, 0.1) is 13.8 Å². The Bertz CT molecular complexity index is 1240. The van der Waals surface area contributed by atoms with Crippen molar-refractivity contribution in [3.63, 3.8) is 0 Å². The van der Waals surface area contributed by atoms with Crippen LogP contribution in [0.1, 0.15) is 66.4 Å². The fourth-order valence-corrected chi connectivity index (χ4v) is 6.35. The molecule has 3 aromatic rings. The number of thiophene rings is 1. The number of aryl methyl sites for hydroxylation is 2. The summed E-state index contributed by atoms with van der Waals surface area (Å²) in [6.07, 6.45) is 4.15. The number of benzene rings is 1. The number of nitrogens with zero attached hydrogens (tertiary/aromatic N) is 2. The Kier molecular flexibility index (Phi) is 6.53. The Balaban J connectivity index is 1.66. The first-order chi connectivity index (χ1) is 15.3. The van der Waals surface area contributed by atoms with Gasteiger partial charge in [-0.25, -0.2) is 4.98 Å². The third-order valence-corrected chi connectivity index (χ3v) is 8.20. The van der Waals surface area contributed by atoms with Crippen LogP contribution in [-0.2, 0) is 4.79 Å². The molecule has 1 aliphatic rings. The maximum atomic E-state index is 13.5. The number of hydrogen-bond donors (Lipinski definition) is 1. The summed E-state index contributed by atoms with van der Waals surface area (Å²) in [6.45, 7) is 7.31. The van der Waals surface area contributed by atoms with E-state index in [2.05, 4.69) is 5.32 Å². The van der Waals surface area contributed by atoms with Crippen molar-refractivity contribution in [2.24, 2.45) is 0 Å². The van der Waals surface area contributed by atoms with Gasteiger partial charge in [0.1, 0.15) is 4.83 Å². The maximum absolute atomic E-state index is 13.5. The number of rotatable bonds is 6. The van der Waals surface area contributed by atoms with E-state index < -0.39 is 5.25 Å². The molecule has 6 nitrogen and oxygen atoms in total. The van der Waals surface area contributed by atoms with Gasteiger partial charge < -0.3 is 5.32 Å². The van der Waals surface area contributed by atoms with Crippen LogP contribution in [0.15, 0.2) is 34.2 Å². The van der Waals surface area contributed by atoms with Crippen LogP contribution in [0.3, 0.4) is 0 Å². The van der Waals surface area contributed by atoms with E-state index in [1.165, 1.54) is 30.0 Å². The predicted octanol–water partition coefficient (Wildman–Crippen LogP) is 5.51. The van der Waals surface area contributed by atoms with Gasteiger partial charge in [-0.05, 0) is 63.4 Å². The van der Waals surface area contributed by atoms with Crippen LogP contribution in [0.4, 0.5) is 5.69 Å². The lowest BCUT2D eigenvalue weighted by Crippen LogP contribution is -2.27. The average Bonchev–Trinajstić information content (AvgIpc) is 3.36.